The summed E-state index contributed by atoms with van der Waals surface area (Å²) in [7, 11) is 8.50. The molecule has 1 unspecified atom stereocenters. The monoisotopic (exact) mass is 403 g/mol. The average molecular weight is 403 g/mol. The summed E-state index contributed by atoms with van der Waals surface area (Å²) in [4.78, 5) is 6.64. The van der Waals surface area contributed by atoms with Gasteiger partial charge in [-0.1, -0.05) is 0 Å². The van der Waals surface area contributed by atoms with Crippen LogP contribution >= 0.6 is 0 Å². The molecule has 0 spiro atoms. The lowest BCUT2D eigenvalue weighted by molar-refractivity contribution is -0.00805. The molecule has 1 aromatic heterocycles. The fraction of sp³-hybridized carbons (Fsp3) is 0.500. The summed E-state index contributed by atoms with van der Waals surface area (Å²) in [5.41, 5.74) is 2.06. The minimum atomic E-state index is -0.0304. The predicted octanol–water partition coefficient (Wildman–Crippen LogP) is 1.59. The van der Waals surface area contributed by atoms with E-state index in [1.807, 2.05) is 31.6 Å². The van der Waals surface area contributed by atoms with Crippen LogP contribution < -0.4 is 19.5 Å². The van der Waals surface area contributed by atoms with Crippen molar-refractivity contribution in [3.8, 4) is 17.2 Å². The van der Waals surface area contributed by atoms with E-state index in [9.17, 15) is 0 Å². The smallest absolute Gasteiger partial charge is 0.203 e. The second kappa shape index (κ2) is 9.51. The normalized spacial score (nSPS) is 17.2. The summed E-state index contributed by atoms with van der Waals surface area (Å²) in [5.74, 6) is 2.65. The molecule has 2 aromatic rings. The molecule has 1 fully saturated rings. The number of hydrogen-bond donors (Lipinski definition) is 1. The first-order valence-electron chi connectivity index (χ1n) is 9.44. The molecule has 29 heavy (non-hydrogen) atoms. The molecule has 2 heterocycles. The first kappa shape index (κ1) is 20.8. The van der Waals surface area contributed by atoms with Gasteiger partial charge in [0, 0.05) is 38.9 Å². The van der Waals surface area contributed by atoms with Crippen molar-refractivity contribution in [1.82, 2.24) is 20.0 Å². The van der Waals surface area contributed by atoms with Crippen molar-refractivity contribution in [2.24, 2.45) is 12.0 Å². The zero-order chi connectivity index (χ0) is 20.8. The lowest BCUT2D eigenvalue weighted by atomic mass is 10.1. The van der Waals surface area contributed by atoms with E-state index in [2.05, 4.69) is 20.3 Å². The largest absolute Gasteiger partial charge is 0.493 e. The third-order valence-corrected chi connectivity index (χ3v) is 4.85. The highest BCUT2D eigenvalue weighted by Crippen LogP contribution is 2.38. The summed E-state index contributed by atoms with van der Waals surface area (Å²) < 4.78 is 24.0. The van der Waals surface area contributed by atoms with Crippen LogP contribution in [0.4, 0.5) is 0 Å². The van der Waals surface area contributed by atoms with E-state index in [-0.39, 0.29) is 6.10 Å². The summed E-state index contributed by atoms with van der Waals surface area (Å²) >= 11 is 0. The maximum absolute atomic E-state index is 5.93. The van der Waals surface area contributed by atoms with Crippen LogP contribution in [0, 0.1) is 0 Å². The molecule has 1 N–H and O–H groups in total. The third-order valence-electron chi connectivity index (χ3n) is 4.85. The Morgan fingerprint density at radius 3 is 2.52 bits per heavy atom. The molecule has 9 nitrogen and oxygen atoms in total. The van der Waals surface area contributed by atoms with Crippen LogP contribution in [0.3, 0.4) is 0 Å². The maximum atomic E-state index is 5.93. The van der Waals surface area contributed by atoms with Gasteiger partial charge in [-0.3, -0.25) is 9.67 Å². The van der Waals surface area contributed by atoms with Crippen molar-refractivity contribution >= 4 is 5.96 Å². The van der Waals surface area contributed by atoms with E-state index in [0.29, 0.717) is 36.9 Å². The fourth-order valence-corrected chi connectivity index (χ4v) is 3.40. The van der Waals surface area contributed by atoms with Gasteiger partial charge in [-0.15, -0.1) is 0 Å². The van der Waals surface area contributed by atoms with Crippen molar-refractivity contribution in [2.75, 3.05) is 48.1 Å². The molecular weight excluding hydrogens is 374 g/mol. The number of aromatic nitrogens is 2. The highest BCUT2D eigenvalue weighted by molar-refractivity contribution is 5.80. The Morgan fingerprint density at radius 2 is 1.97 bits per heavy atom. The lowest BCUT2D eigenvalue weighted by Gasteiger charge is -2.34. The van der Waals surface area contributed by atoms with Gasteiger partial charge in [-0.05, 0) is 17.7 Å². The van der Waals surface area contributed by atoms with Crippen LogP contribution in [0.1, 0.15) is 17.2 Å². The Labute approximate surface area is 171 Å². The molecule has 158 valence electrons. The first-order valence-corrected chi connectivity index (χ1v) is 9.44. The summed E-state index contributed by atoms with van der Waals surface area (Å²) in [6, 6.07) is 3.86. The van der Waals surface area contributed by atoms with Crippen molar-refractivity contribution in [2.45, 2.75) is 12.6 Å². The zero-order valence-corrected chi connectivity index (χ0v) is 17.6. The first-order chi connectivity index (χ1) is 14.1. The van der Waals surface area contributed by atoms with Gasteiger partial charge < -0.3 is 29.2 Å². The summed E-state index contributed by atoms with van der Waals surface area (Å²) in [5, 5.41) is 7.66. The number of guanidine groups is 1. The molecule has 0 amide bonds. The third kappa shape index (κ3) is 4.73. The Morgan fingerprint density at radius 1 is 1.24 bits per heavy atom. The van der Waals surface area contributed by atoms with Crippen LogP contribution in [0.25, 0.3) is 0 Å². The van der Waals surface area contributed by atoms with E-state index >= 15 is 0 Å². The van der Waals surface area contributed by atoms with Crippen LogP contribution in [-0.2, 0) is 18.3 Å². The van der Waals surface area contributed by atoms with E-state index in [0.717, 1.165) is 23.6 Å². The molecule has 0 aliphatic carbocycles. The lowest BCUT2D eigenvalue weighted by Crippen LogP contribution is -2.47. The van der Waals surface area contributed by atoms with Gasteiger partial charge in [-0.25, -0.2) is 0 Å². The Balaban J connectivity index is 1.69. The van der Waals surface area contributed by atoms with E-state index in [1.54, 1.807) is 33.1 Å². The van der Waals surface area contributed by atoms with Crippen LogP contribution in [0.15, 0.2) is 29.5 Å². The second-order valence-electron chi connectivity index (χ2n) is 6.69. The topological polar surface area (TPSA) is 82.4 Å². The minimum absolute atomic E-state index is 0.0304. The van der Waals surface area contributed by atoms with Crippen LogP contribution in [0.2, 0.25) is 0 Å². The van der Waals surface area contributed by atoms with Gasteiger partial charge in [0.25, 0.3) is 0 Å². The predicted molar refractivity (Wildman–Crippen MR) is 110 cm³/mol. The number of morpholine rings is 1. The van der Waals surface area contributed by atoms with Gasteiger partial charge in [0.15, 0.2) is 17.5 Å². The molecule has 1 aliphatic heterocycles. The molecule has 0 bridgehead atoms. The molecule has 1 saturated heterocycles. The molecule has 0 saturated carbocycles. The summed E-state index contributed by atoms with van der Waals surface area (Å²) in [6.45, 7) is 2.68. The molecule has 3 rings (SSSR count). The number of rotatable bonds is 6. The van der Waals surface area contributed by atoms with Crippen LogP contribution in [0.5, 0.6) is 17.2 Å². The zero-order valence-electron chi connectivity index (χ0n) is 17.6. The quantitative estimate of drug-likeness (QED) is 0.579. The minimum Gasteiger partial charge on any atom is -0.493 e. The number of nitrogens with one attached hydrogen (secondary N) is 1. The highest BCUT2D eigenvalue weighted by Gasteiger charge is 2.25. The van der Waals surface area contributed by atoms with Gasteiger partial charge in [-0.2, -0.15) is 5.10 Å². The van der Waals surface area contributed by atoms with Crippen LogP contribution in [-0.4, -0.2) is 68.7 Å². The van der Waals surface area contributed by atoms with Crippen molar-refractivity contribution in [1.29, 1.82) is 0 Å². The molecule has 0 radical (unpaired) electrons. The second-order valence-corrected chi connectivity index (χ2v) is 6.69. The van der Waals surface area contributed by atoms with E-state index in [4.69, 9.17) is 18.9 Å². The number of methoxy groups -OCH3 is 3. The summed E-state index contributed by atoms with van der Waals surface area (Å²) in [6.07, 6.45) is 3.80. The van der Waals surface area contributed by atoms with Gasteiger partial charge in [0.2, 0.25) is 5.75 Å². The number of hydrogen-bond acceptors (Lipinski definition) is 6. The maximum Gasteiger partial charge on any atom is 0.203 e. The molecule has 1 aromatic carbocycles. The Hall–Kier alpha value is -2.94. The molecule has 9 heteroatoms. The fourth-order valence-electron chi connectivity index (χ4n) is 3.40. The molecule has 1 aliphatic rings. The van der Waals surface area contributed by atoms with Gasteiger partial charge in [0.1, 0.15) is 6.10 Å². The number of aryl methyl sites for hydroxylation is 1. The Bertz CT molecular complexity index is 826. The highest BCUT2D eigenvalue weighted by atomic mass is 16.5. The standard InChI is InChI=1S/C20H29N5O4/c1-21-20(25-6-7-29-18(13-25)15-11-23-24(2)12-15)22-10-14-8-16(26-3)19(28-5)17(9-14)27-4/h8-9,11-12,18H,6-7,10,13H2,1-5H3,(H,21,22). The van der Waals surface area contributed by atoms with Crippen molar-refractivity contribution < 1.29 is 18.9 Å². The van der Waals surface area contributed by atoms with Gasteiger partial charge >= 0.3 is 0 Å². The van der Waals surface area contributed by atoms with Gasteiger partial charge in [0.05, 0.1) is 40.7 Å². The van der Waals surface area contributed by atoms with E-state index < -0.39 is 0 Å². The van der Waals surface area contributed by atoms with E-state index in [1.165, 1.54) is 0 Å². The average Bonchev–Trinajstić information content (AvgIpc) is 3.20. The van der Waals surface area contributed by atoms with Crippen molar-refractivity contribution in [3.63, 3.8) is 0 Å². The number of benzene rings is 1. The van der Waals surface area contributed by atoms with Crippen molar-refractivity contribution in [3.05, 3.63) is 35.7 Å². The molecule has 1 atom stereocenters. The number of aliphatic imine (C=N–C) groups is 1. The number of ether oxygens (including phenoxy) is 4. The Kier molecular flexibility index (Phi) is 6.82. The SMILES string of the molecule is CN=C(NCc1cc(OC)c(OC)c(OC)c1)N1CCOC(c2cnn(C)c2)C1. The molecular formula is C20H29N5O4. The number of nitrogens with zero attached hydrogens (tertiary/aromatic N) is 4.